The number of amides is 4. The fourth-order valence-corrected chi connectivity index (χ4v) is 5.73. The summed E-state index contributed by atoms with van der Waals surface area (Å²) in [5.74, 6) is -1.38. The largest absolute Gasteiger partial charge is 0.444 e. The summed E-state index contributed by atoms with van der Waals surface area (Å²) >= 11 is 0. The minimum atomic E-state index is -4.53. The zero-order valence-corrected chi connectivity index (χ0v) is 34.2. The van der Waals surface area contributed by atoms with Gasteiger partial charge in [0.1, 0.15) is 17.2 Å². The van der Waals surface area contributed by atoms with Gasteiger partial charge in [0.2, 0.25) is 17.8 Å². The van der Waals surface area contributed by atoms with Crippen molar-refractivity contribution in [2.24, 2.45) is 16.5 Å². The first-order chi connectivity index (χ1) is 26.9. The van der Waals surface area contributed by atoms with Crippen LogP contribution in [0.25, 0.3) is 10.9 Å². The number of ether oxygens (including phenoxy) is 2. The molecule has 0 bridgehead atoms. The van der Waals surface area contributed by atoms with E-state index in [-0.39, 0.29) is 25.3 Å². The summed E-state index contributed by atoms with van der Waals surface area (Å²) in [5, 5.41) is 11.6. The molecule has 3 rings (SSSR count). The zero-order valence-electron chi connectivity index (χ0n) is 34.2. The van der Waals surface area contributed by atoms with Gasteiger partial charge in [-0.2, -0.15) is 13.2 Å². The van der Waals surface area contributed by atoms with Crippen LogP contribution < -0.4 is 32.7 Å². The average Bonchev–Trinajstić information content (AvgIpc) is 3.09. The molecule has 2 aromatic carbocycles. The van der Waals surface area contributed by atoms with Crippen molar-refractivity contribution in [3.63, 3.8) is 0 Å². The molecule has 8 N–H and O–H groups in total. The van der Waals surface area contributed by atoms with Crippen LogP contribution in [0.15, 0.2) is 65.8 Å². The van der Waals surface area contributed by atoms with Crippen LogP contribution in [-0.2, 0) is 31.7 Å². The summed E-state index contributed by atoms with van der Waals surface area (Å²) in [6.07, 6.45) is -4.20. The number of benzene rings is 2. The first-order valence-corrected chi connectivity index (χ1v) is 18.9. The van der Waals surface area contributed by atoms with Crippen molar-refractivity contribution < 1.29 is 46.3 Å². The van der Waals surface area contributed by atoms with Crippen molar-refractivity contribution in [1.82, 2.24) is 20.9 Å². The highest BCUT2D eigenvalue weighted by Gasteiger charge is 2.31. The first-order valence-electron chi connectivity index (χ1n) is 18.9. The zero-order chi connectivity index (χ0) is 43.3. The molecule has 1 heterocycles. The number of carbonyl (C=O) groups is 4. The number of alkyl carbamates (subject to hydrolysis) is 1. The smallest absolute Gasteiger partial charge is 0.437 e. The molecule has 1 aromatic heterocycles. The molecule has 1 unspecified atom stereocenters. The normalized spacial score (nSPS) is 14.4. The van der Waals surface area contributed by atoms with Gasteiger partial charge in [0.25, 0.3) is 0 Å². The van der Waals surface area contributed by atoms with Gasteiger partial charge in [0.15, 0.2) is 0 Å². The molecule has 18 heteroatoms. The lowest BCUT2D eigenvalue weighted by Gasteiger charge is -2.35. The van der Waals surface area contributed by atoms with Gasteiger partial charge in [-0.25, -0.2) is 9.59 Å². The Morgan fingerprint density at radius 2 is 1.55 bits per heavy atom. The maximum atomic E-state index is 13.6. The average molecular weight is 817 g/mol. The van der Waals surface area contributed by atoms with Crippen molar-refractivity contribution in [3.05, 3.63) is 71.9 Å². The third kappa shape index (κ3) is 16.6. The lowest BCUT2D eigenvalue weighted by molar-refractivity contribution is -0.907. The Morgan fingerprint density at radius 3 is 2.17 bits per heavy atom. The number of nitrogens with zero attached hydrogens (tertiary/aromatic N) is 3. The Labute approximate surface area is 337 Å². The molecule has 0 aliphatic heterocycles. The summed E-state index contributed by atoms with van der Waals surface area (Å²) < 4.78 is 50.6. The first kappa shape index (κ1) is 47.0. The highest BCUT2D eigenvalue weighted by Crippen LogP contribution is 2.29. The monoisotopic (exact) mass is 816 g/mol. The van der Waals surface area contributed by atoms with E-state index in [1.165, 1.54) is 18.3 Å². The molecule has 3 aromatic rings. The number of rotatable bonds is 15. The number of para-hydroxylation sites is 1. The Balaban J connectivity index is 1.67. The van der Waals surface area contributed by atoms with Gasteiger partial charge < -0.3 is 41.4 Å². The van der Waals surface area contributed by atoms with Gasteiger partial charge in [0.05, 0.1) is 62.2 Å². The number of aliphatic imine (C=N–C) groups is 1. The van der Waals surface area contributed by atoms with Gasteiger partial charge in [-0.15, -0.1) is 4.99 Å². The van der Waals surface area contributed by atoms with Crippen LogP contribution in [0.5, 0.6) is 0 Å². The van der Waals surface area contributed by atoms with Crippen LogP contribution in [0.3, 0.4) is 0 Å². The topological polar surface area (TPSA) is 212 Å². The number of guanidine groups is 1. The lowest BCUT2D eigenvalue weighted by Crippen LogP contribution is -2.54. The fraction of sp³-hybridized carbons (Fsp3) is 0.500. The van der Waals surface area contributed by atoms with Crippen molar-refractivity contribution in [3.8, 4) is 0 Å². The number of nitrogens with two attached hydrogens (primary N) is 2. The summed E-state index contributed by atoms with van der Waals surface area (Å²) in [6, 6.07) is 11.2. The van der Waals surface area contributed by atoms with Crippen molar-refractivity contribution >= 4 is 46.6 Å². The quantitative estimate of drug-likeness (QED) is 0.0698. The number of hydrogen-bond acceptors (Lipinski definition) is 9. The second kappa shape index (κ2) is 20.4. The standard InChI is InChI=1S/C40H56F3N9O6/c1-38(2,3)57-36(55)50-35(51-37(56)58-39(4,5)6)46-19-22-52(7,21-18-44)20-10-12-30(45)33(53)49-32(23-26-14-16-28(17-15-26)40(41,42)43)34(54)48-29-24-27-11-8-9-13-31(27)47-25-29/h8-9,11,13-17,24-25,30,32H,10,12,18-23,44-45H2,1-7H3,(H3-,46,48,49,50,51,53,54,55,56)/p+1/t30-,32-,52?/m0/s1. The SMILES string of the molecule is CC(C)(C)OC(=O)/N=C(\NCC[N+](C)(CCN)CCC[C@H](N)C(=O)N[C@@H](Cc1ccc(C(F)(F)F)cc1)C(=O)Nc1cnc2ccccc2c1)NC(=O)OC(C)(C)C. The van der Waals surface area contributed by atoms with Gasteiger partial charge in [-0.1, -0.05) is 30.3 Å². The molecule has 0 radical (unpaired) electrons. The van der Waals surface area contributed by atoms with Gasteiger partial charge in [0, 0.05) is 18.4 Å². The number of halogens is 3. The number of hydrogen-bond donors (Lipinski definition) is 6. The number of fused-ring (bicyclic) bond motifs is 1. The van der Waals surface area contributed by atoms with E-state index in [1.807, 2.05) is 31.3 Å². The van der Waals surface area contributed by atoms with Gasteiger partial charge in [-0.05, 0) is 84.2 Å². The Hall–Kier alpha value is -5.33. The highest BCUT2D eigenvalue weighted by atomic mass is 19.4. The van der Waals surface area contributed by atoms with Gasteiger partial charge >= 0.3 is 18.4 Å². The summed E-state index contributed by atoms with van der Waals surface area (Å²) in [7, 11) is 1.96. The molecule has 0 saturated carbocycles. The molecule has 15 nitrogen and oxygen atoms in total. The van der Waals surface area contributed by atoms with Crippen LogP contribution in [-0.4, -0.2) is 102 Å². The van der Waals surface area contributed by atoms with Crippen LogP contribution in [0.4, 0.5) is 28.4 Å². The third-order valence-corrected chi connectivity index (χ3v) is 8.59. The molecule has 0 aliphatic carbocycles. The Morgan fingerprint density at radius 1 is 0.897 bits per heavy atom. The number of nitrogens with one attached hydrogen (secondary N) is 4. The van der Waals surface area contributed by atoms with Crippen molar-refractivity contribution in [2.75, 3.05) is 45.1 Å². The molecule has 0 saturated heterocycles. The van der Waals surface area contributed by atoms with E-state index in [0.29, 0.717) is 53.9 Å². The number of likely N-dealkylation sites (N-methyl/N-ethyl adjacent to an activating group) is 1. The Bertz CT molecular complexity index is 1900. The van der Waals surface area contributed by atoms with E-state index >= 15 is 0 Å². The van der Waals surface area contributed by atoms with Crippen molar-refractivity contribution in [1.29, 1.82) is 0 Å². The summed E-state index contributed by atoms with van der Waals surface area (Å²) in [6.45, 7) is 12.2. The molecular formula is C40H57F3N9O6+. The van der Waals surface area contributed by atoms with E-state index in [1.54, 1.807) is 47.6 Å². The van der Waals surface area contributed by atoms with E-state index in [0.717, 1.165) is 17.5 Å². The Kier molecular flexibility index (Phi) is 16.5. The van der Waals surface area contributed by atoms with E-state index in [9.17, 15) is 32.3 Å². The predicted molar refractivity (Wildman–Crippen MR) is 216 cm³/mol. The molecule has 58 heavy (non-hydrogen) atoms. The molecule has 0 aliphatic rings. The fourth-order valence-electron chi connectivity index (χ4n) is 5.73. The third-order valence-electron chi connectivity index (χ3n) is 8.59. The maximum Gasteiger partial charge on any atom is 0.437 e. The molecular weight excluding hydrogens is 759 g/mol. The van der Waals surface area contributed by atoms with Gasteiger partial charge in [-0.3, -0.25) is 19.9 Å². The predicted octanol–water partition coefficient (Wildman–Crippen LogP) is 4.84. The van der Waals surface area contributed by atoms with Crippen molar-refractivity contribution in [2.45, 2.75) is 90.3 Å². The maximum absolute atomic E-state index is 13.6. The number of pyridine rings is 1. The highest BCUT2D eigenvalue weighted by molar-refractivity contribution is 5.99. The molecule has 0 fully saturated rings. The number of carbonyl (C=O) groups excluding carboxylic acids is 4. The second-order valence-corrected chi connectivity index (χ2v) is 16.2. The van der Waals surface area contributed by atoms with E-state index in [4.69, 9.17) is 20.9 Å². The van der Waals surface area contributed by atoms with E-state index in [2.05, 4.69) is 31.2 Å². The number of aromatic nitrogens is 1. The van der Waals surface area contributed by atoms with Crippen LogP contribution in [0.2, 0.25) is 0 Å². The molecule has 0 spiro atoms. The number of quaternary nitrogens is 1. The minimum absolute atomic E-state index is 0.107. The number of anilines is 1. The van der Waals surface area contributed by atoms with E-state index < -0.39 is 59.0 Å². The molecule has 3 atom stereocenters. The lowest BCUT2D eigenvalue weighted by atomic mass is 10.0. The summed E-state index contributed by atoms with van der Waals surface area (Å²) in [4.78, 5) is 60.2. The molecule has 318 valence electrons. The van der Waals surface area contributed by atoms with Crippen LogP contribution >= 0.6 is 0 Å². The van der Waals surface area contributed by atoms with Crippen LogP contribution in [0, 0.1) is 0 Å². The minimum Gasteiger partial charge on any atom is -0.444 e. The summed E-state index contributed by atoms with van der Waals surface area (Å²) in [5.41, 5.74) is 11.3. The second-order valence-electron chi connectivity index (χ2n) is 16.2. The number of alkyl halides is 3. The van der Waals surface area contributed by atoms with Crippen LogP contribution in [0.1, 0.15) is 65.5 Å². The molecule has 4 amide bonds.